The van der Waals surface area contributed by atoms with Crippen LogP contribution < -0.4 is 0 Å². The van der Waals surface area contributed by atoms with E-state index in [9.17, 15) is 13.5 Å². The van der Waals surface area contributed by atoms with E-state index in [1.807, 2.05) is 0 Å². The van der Waals surface area contributed by atoms with Crippen molar-refractivity contribution >= 4 is 10.1 Å². The van der Waals surface area contributed by atoms with Gasteiger partial charge >= 0.3 is 0 Å². The molecule has 0 saturated carbocycles. The SMILES string of the molecule is CCCCCCCCCCCCCCCCCCCCC(O)CS(=O)(=O)O. The zero-order valence-corrected chi connectivity index (χ0v) is 18.7. The summed E-state index contributed by atoms with van der Waals surface area (Å²) in [7, 11) is -4.05. The van der Waals surface area contributed by atoms with Crippen LogP contribution in [0.4, 0.5) is 0 Å². The lowest BCUT2D eigenvalue weighted by atomic mass is 10.0. The van der Waals surface area contributed by atoms with Crippen molar-refractivity contribution in [3.8, 4) is 0 Å². The lowest BCUT2D eigenvalue weighted by Gasteiger charge is -2.08. The number of aliphatic hydroxyl groups excluding tert-OH is 1. The van der Waals surface area contributed by atoms with Crippen LogP contribution in [-0.2, 0) is 10.1 Å². The average molecular weight is 407 g/mol. The highest BCUT2D eigenvalue weighted by molar-refractivity contribution is 7.85. The molecule has 0 radical (unpaired) electrons. The van der Waals surface area contributed by atoms with Gasteiger partial charge in [0, 0.05) is 0 Å². The van der Waals surface area contributed by atoms with Crippen LogP contribution >= 0.6 is 0 Å². The van der Waals surface area contributed by atoms with Crippen molar-refractivity contribution in [3.05, 3.63) is 0 Å². The summed E-state index contributed by atoms with van der Waals surface area (Å²) in [5.41, 5.74) is 0. The monoisotopic (exact) mass is 406 g/mol. The van der Waals surface area contributed by atoms with Crippen molar-refractivity contribution in [2.24, 2.45) is 0 Å². The Morgan fingerprint density at radius 1 is 0.593 bits per heavy atom. The predicted molar refractivity (Wildman–Crippen MR) is 116 cm³/mol. The molecule has 0 rings (SSSR count). The van der Waals surface area contributed by atoms with E-state index in [4.69, 9.17) is 4.55 Å². The Morgan fingerprint density at radius 3 is 1.19 bits per heavy atom. The van der Waals surface area contributed by atoms with Crippen LogP contribution in [0.15, 0.2) is 0 Å². The van der Waals surface area contributed by atoms with E-state index in [2.05, 4.69) is 6.92 Å². The molecule has 0 aromatic heterocycles. The van der Waals surface area contributed by atoms with Crippen molar-refractivity contribution in [3.63, 3.8) is 0 Å². The molecule has 0 aliphatic carbocycles. The maximum atomic E-state index is 10.6. The standard InChI is InChI=1S/C22H46O4S/c1-2-3-4-5-6-7-8-9-10-11-12-13-14-15-16-17-18-19-20-22(23)21-27(24,25)26/h22-23H,2-21H2,1H3,(H,24,25,26). The number of unbranched alkanes of at least 4 members (excludes halogenated alkanes) is 17. The summed E-state index contributed by atoms with van der Waals surface area (Å²) >= 11 is 0. The Bertz CT molecular complexity index is 395. The fourth-order valence-corrected chi connectivity index (χ4v) is 4.26. The van der Waals surface area contributed by atoms with Gasteiger partial charge in [-0.25, -0.2) is 0 Å². The molecule has 164 valence electrons. The molecule has 0 aliphatic rings. The van der Waals surface area contributed by atoms with Crippen LogP contribution in [0.1, 0.15) is 129 Å². The zero-order chi connectivity index (χ0) is 20.2. The quantitative estimate of drug-likeness (QED) is 0.165. The first-order chi connectivity index (χ1) is 13.0. The number of hydrogen-bond donors (Lipinski definition) is 2. The maximum Gasteiger partial charge on any atom is 0.267 e. The van der Waals surface area contributed by atoms with Gasteiger partial charge in [0.05, 0.1) is 6.10 Å². The molecule has 0 fully saturated rings. The minimum atomic E-state index is -4.05. The van der Waals surface area contributed by atoms with Gasteiger partial charge in [-0.05, 0) is 6.42 Å². The van der Waals surface area contributed by atoms with Gasteiger partial charge in [-0.2, -0.15) is 8.42 Å². The second-order valence-corrected chi connectivity index (χ2v) is 9.70. The summed E-state index contributed by atoms with van der Waals surface area (Å²) in [4.78, 5) is 0. The van der Waals surface area contributed by atoms with Gasteiger partial charge < -0.3 is 5.11 Å². The van der Waals surface area contributed by atoms with Crippen molar-refractivity contribution in [1.82, 2.24) is 0 Å². The van der Waals surface area contributed by atoms with Crippen LogP contribution in [-0.4, -0.2) is 29.9 Å². The molecule has 27 heavy (non-hydrogen) atoms. The summed E-state index contributed by atoms with van der Waals surface area (Å²) < 4.78 is 29.9. The molecule has 1 atom stereocenters. The van der Waals surface area contributed by atoms with Crippen molar-refractivity contribution in [1.29, 1.82) is 0 Å². The molecular weight excluding hydrogens is 360 g/mol. The lowest BCUT2D eigenvalue weighted by Crippen LogP contribution is -2.19. The van der Waals surface area contributed by atoms with Gasteiger partial charge in [0.2, 0.25) is 0 Å². The largest absolute Gasteiger partial charge is 0.392 e. The fraction of sp³-hybridized carbons (Fsp3) is 1.00. The van der Waals surface area contributed by atoms with E-state index in [1.54, 1.807) is 0 Å². The molecule has 1 unspecified atom stereocenters. The van der Waals surface area contributed by atoms with Gasteiger partial charge in [0.25, 0.3) is 10.1 Å². The summed E-state index contributed by atoms with van der Waals surface area (Å²) in [6.45, 7) is 2.27. The second-order valence-electron chi connectivity index (χ2n) is 8.20. The van der Waals surface area contributed by atoms with Crippen molar-refractivity contribution in [2.75, 3.05) is 5.75 Å². The topological polar surface area (TPSA) is 74.6 Å². The fourth-order valence-electron chi connectivity index (χ4n) is 3.61. The normalized spacial score (nSPS) is 13.1. The van der Waals surface area contributed by atoms with Gasteiger partial charge in [-0.3, -0.25) is 4.55 Å². The summed E-state index contributed by atoms with van der Waals surface area (Å²) in [5, 5.41) is 9.48. The first kappa shape index (κ1) is 26.9. The maximum absolute atomic E-state index is 10.6. The van der Waals surface area contributed by atoms with E-state index in [-0.39, 0.29) is 0 Å². The summed E-state index contributed by atoms with van der Waals surface area (Å²) in [6, 6.07) is 0. The minimum Gasteiger partial charge on any atom is -0.392 e. The lowest BCUT2D eigenvalue weighted by molar-refractivity contribution is 0.180. The first-order valence-corrected chi connectivity index (χ1v) is 13.2. The van der Waals surface area contributed by atoms with E-state index in [0.29, 0.717) is 6.42 Å². The van der Waals surface area contributed by atoms with Gasteiger partial charge in [0.1, 0.15) is 5.75 Å². The molecule has 0 aromatic carbocycles. The second kappa shape index (κ2) is 19.2. The van der Waals surface area contributed by atoms with Crippen molar-refractivity contribution < 1.29 is 18.1 Å². The number of rotatable bonds is 21. The van der Waals surface area contributed by atoms with E-state index in [1.165, 1.54) is 96.3 Å². The molecule has 0 aliphatic heterocycles. The van der Waals surface area contributed by atoms with E-state index < -0.39 is 22.0 Å². The summed E-state index contributed by atoms with van der Waals surface area (Å²) in [5.74, 6) is -0.536. The Labute approximate surface area is 169 Å². The van der Waals surface area contributed by atoms with Crippen LogP contribution in [0, 0.1) is 0 Å². The van der Waals surface area contributed by atoms with Gasteiger partial charge in [0.15, 0.2) is 0 Å². The van der Waals surface area contributed by atoms with Gasteiger partial charge in [-0.1, -0.05) is 122 Å². The third-order valence-electron chi connectivity index (χ3n) is 5.29. The average Bonchev–Trinajstić information content (AvgIpc) is 2.59. The molecular formula is C22H46O4S. The van der Waals surface area contributed by atoms with Crippen LogP contribution in [0.25, 0.3) is 0 Å². The Morgan fingerprint density at radius 2 is 0.889 bits per heavy atom. The smallest absolute Gasteiger partial charge is 0.267 e. The summed E-state index contributed by atoms with van der Waals surface area (Å²) in [6.07, 6.45) is 23.2. The molecule has 0 heterocycles. The number of hydrogen-bond acceptors (Lipinski definition) is 3. The van der Waals surface area contributed by atoms with Crippen LogP contribution in [0.3, 0.4) is 0 Å². The molecule has 0 bridgehead atoms. The minimum absolute atomic E-state index is 0.457. The molecule has 0 spiro atoms. The molecule has 0 aromatic rings. The van der Waals surface area contributed by atoms with E-state index in [0.717, 1.165) is 19.3 Å². The zero-order valence-electron chi connectivity index (χ0n) is 17.8. The molecule has 5 heteroatoms. The first-order valence-electron chi connectivity index (χ1n) is 11.6. The predicted octanol–water partition coefficient (Wildman–Crippen LogP) is 6.67. The highest BCUT2D eigenvalue weighted by atomic mass is 32.2. The highest BCUT2D eigenvalue weighted by Gasteiger charge is 2.13. The Balaban J connectivity index is 3.13. The molecule has 4 nitrogen and oxygen atoms in total. The number of aliphatic hydroxyl groups is 1. The molecule has 0 saturated heterocycles. The Hall–Kier alpha value is -0.130. The van der Waals surface area contributed by atoms with Crippen LogP contribution in [0.2, 0.25) is 0 Å². The Kier molecular flexibility index (Phi) is 19.1. The third-order valence-corrected chi connectivity index (χ3v) is 6.10. The highest BCUT2D eigenvalue weighted by Crippen LogP contribution is 2.15. The van der Waals surface area contributed by atoms with E-state index >= 15 is 0 Å². The molecule has 0 amide bonds. The van der Waals surface area contributed by atoms with Gasteiger partial charge in [-0.15, -0.1) is 0 Å². The van der Waals surface area contributed by atoms with Crippen LogP contribution in [0.5, 0.6) is 0 Å². The third kappa shape index (κ3) is 23.8. The van der Waals surface area contributed by atoms with Crippen molar-refractivity contribution in [2.45, 2.75) is 135 Å². The molecule has 2 N–H and O–H groups in total.